The van der Waals surface area contributed by atoms with Gasteiger partial charge in [-0.25, -0.2) is 4.98 Å². The molecule has 2 fully saturated rings. The number of anilines is 1. The quantitative estimate of drug-likeness (QED) is 0.793. The molecule has 0 atom stereocenters. The molecule has 2 aromatic heterocycles. The summed E-state index contributed by atoms with van der Waals surface area (Å²) in [5.74, 6) is 1.83. The Labute approximate surface area is 155 Å². The molecular weight excluding hydrogens is 384 g/mol. The normalized spacial score (nSPS) is 24.0. The van der Waals surface area contributed by atoms with Crippen molar-refractivity contribution in [1.82, 2.24) is 10.3 Å². The highest BCUT2D eigenvalue weighted by molar-refractivity contribution is 9.10. The van der Waals surface area contributed by atoms with Gasteiger partial charge in [-0.2, -0.15) is 5.26 Å². The van der Waals surface area contributed by atoms with Crippen LogP contribution in [0.15, 0.2) is 21.2 Å². The topological polar surface area (TPSA) is 83.1 Å². The summed E-state index contributed by atoms with van der Waals surface area (Å²) in [5, 5.41) is 17.1. The molecule has 0 spiro atoms. The van der Waals surface area contributed by atoms with Crippen LogP contribution in [0.25, 0.3) is 11.0 Å². The lowest BCUT2D eigenvalue weighted by Gasteiger charge is -2.33. The van der Waals surface area contributed by atoms with E-state index in [1.165, 1.54) is 12.8 Å². The third kappa shape index (κ3) is 3.66. The molecule has 2 aromatic rings. The predicted molar refractivity (Wildman–Crippen MR) is 98.4 cm³/mol. The van der Waals surface area contributed by atoms with Gasteiger partial charge in [-0.3, -0.25) is 0 Å². The lowest BCUT2D eigenvalue weighted by Crippen LogP contribution is -2.43. The van der Waals surface area contributed by atoms with E-state index >= 15 is 0 Å². The van der Waals surface area contributed by atoms with Crippen LogP contribution in [0.3, 0.4) is 0 Å². The first-order valence-corrected chi connectivity index (χ1v) is 9.58. The van der Waals surface area contributed by atoms with Crippen molar-refractivity contribution in [2.45, 2.75) is 37.8 Å². The van der Waals surface area contributed by atoms with E-state index in [9.17, 15) is 0 Å². The second kappa shape index (κ2) is 7.32. The molecule has 0 amide bonds. The second-order valence-electron chi connectivity index (χ2n) is 6.93. The highest BCUT2D eigenvalue weighted by Crippen LogP contribution is 2.33. The number of hydrogen-bond acceptors (Lipinski definition) is 6. The van der Waals surface area contributed by atoms with Gasteiger partial charge in [0.1, 0.15) is 11.9 Å². The molecule has 6 nitrogen and oxygen atoms in total. The molecule has 0 bridgehead atoms. The summed E-state index contributed by atoms with van der Waals surface area (Å²) in [5.41, 5.74) is 0.627. The molecule has 2 N–H and O–H groups in total. The van der Waals surface area contributed by atoms with E-state index < -0.39 is 0 Å². The lowest BCUT2D eigenvalue weighted by molar-refractivity contribution is -0.0321. The van der Waals surface area contributed by atoms with Gasteiger partial charge in [0.2, 0.25) is 5.76 Å². The van der Waals surface area contributed by atoms with Crippen LogP contribution in [0, 0.1) is 17.2 Å². The fraction of sp³-hybridized carbons (Fsp3) is 0.556. The Balaban J connectivity index is 1.34. The van der Waals surface area contributed by atoms with Crippen LogP contribution in [0.1, 0.15) is 31.4 Å². The monoisotopic (exact) mass is 404 g/mol. The maximum Gasteiger partial charge on any atom is 0.204 e. The van der Waals surface area contributed by atoms with E-state index in [1.54, 1.807) is 12.3 Å². The Kier molecular flexibility index (Phi) is 4.93. The number of fused-ring (bicyclic) bond motifs is 1. The fourth-order valence-electron chi connectivity index (χ4n) is 3.51. The summed E-state index contributed by atoms with van der Waals surface area (Å²) in [6.07, 6.45) is 6.28. The zero-order valence-electron chi connectivity index (χ0n) is 13.9. The van der Waals surface area contributed by atoms with E-state index in [-0.39, 0.29) is 0 Å². The van der Waals surface area contributed by atoms with E-state index in [4.69, 9.17) is 14.4 Å². The van der Waals surface area contributed by atoms with Gasteiger partial charge in [0.05, 0.1) is 23.9 Å². The minimum Gasteiger partial charge on any atom is -0.444 e. The molecule has 0 radical (unpaired) electrons. The molecule has 1 aliphatic heterocycles. The molecule has 4 rings (SSSR count). The van der Waals surface area contributed by atoms with E-state index in [0.29, 0.717) is 29.3 Å². The van der Waals surface area contributed by atoms with Gasteiger partial charge < -0.3 is 19.8 Å². The van der Waals surface area contributed by atoms with E-state index in [2.05, 4.69) is 31.5 Å². The van der Waals surface area contributed by atoms with Crippen LogP contribution in [-0.2, 0) is 4.74 Å². The Morgan fingerprint density at radius 3 is 2.68 bits per heavy atom. The van der Waals surface area contributed by atoms with Gasteiger partial charge in [0.25, 0.3) is 0 Å². The maximum atomic E-state index is 8.97. The van der Waals surface area contributed by atoms with Crippen LogP contribution in [-0.4, -0.2) is 36.8 Å². The van der Waals surface area contributed by atoms with Crippen LogP contribution in [0.2, 0.25) is 0 Å². The number of nitrogens with one attached hydrogen (secondary N) is 2. The molecule has 7 heteroatoms. The minimum atomic E-state index is 0.304. The van der Waals surface area contributed by atoms with Crippen molar-refractivity contribution in [1.29, 1.82) is 5.26 Å². The first kappa shape index (κ1) is 16.8. The maximum absolute atomic E-state index is 8.97. The fourth-order valence-corrected chi connectivity index (χ4v) is 4.03. The average molecular weight is 405 g/mol. The number of rotatable bonds is 5. The SMILES string of the molecule is N#Cc1cc2c(Br)c(NC3CCC(NCC4COC4)CC3)ncc2o1. The van der Waals surface area contributed by atoms with Crippen molar-refractivity contribution >= 4 is 32.7 Å². The van der Waals surface area contributed by atoms with Crippen molar-refractivity contribution < 1.29 is 9.15 Å². The molecule has 1 saturated carbocycles. The number of pyridine rings is 1. The minimum absolute atomic E-state index is 0.304. The summed E-state index contributed by atoms with van der Waals surface area (Å²) in [7, 11) is 0. The zero-order valence-corrected chi connectivity index (χ0v) is 15.5. The first-order chi connectivity index (χ1) is 12.2. The number of nitriles is 1. The van der Waals surface area contributed by atoms with Gasteiger partial charge in [0, 0.05) is 36.0 Å². The summed E-state index contributed by atoms with van der Waals surface area (Å²) < 4.78 is 11.5. The van der Waals surface area contributed by atoms with Crippen LogP contribution in [0.5, 0.6) is 0 Å². The zero-order chi connectivity index (χ0) is 17.2. The number of aromatic nitrogens is 1. The van der Waals surface area contributed by atoms with Crippen LogP contribution >= 0.6 is 15.9 Å². The van der Waals surface area contributed by atoms with Gasteiger partial charge in [-0.1, -0.05) is 0 Å². The first-order valence-electron chi connectivity index (χ1n) is 8.78. The molecular formula is C18H21BrN4O2. The summed E-state index contributed by atoms with van der Waals surface area (Å²) in [6.45, 7) is 2.90. The largest absolute Gasteiger partial charge is 0.444 e. The molecule has 3 heterocycles. The average Bonchev–Trinajstić information content (AvgIpc) is 3.02. The van der Waals surface area contributed by atoms with Gasteiger partial charge >= 0.3 is 0 Å². The summed E-state index contributed by atoms with van der Waals surface area (Å²) in [4.78, 5) is 4.45. The smallest absolute Gasteiger partial charge is 0.204 e. The van der Waals surface area contributed by atoms with Crippen LogP contribution in [0.4, 0.5) is 5.82 Å². The Morgan fingerprint density at radius 1 is 1.24 bits per heavy atom. The van der Waals surface area contributed by atoms with Gasteiger partial charge in [-0.15, -0.1) is 0 Å². The molecule has 132 valence electrons. The predicted octanol–water partition coefficient (Wildman–Crippen LogP) is 3.42. The number of hydrogen-bond donors (Lipinski definition) is 2. The summed E-state index contributed by atoms with van der Waals surface area (Å²) >= 11 is 3.60. The molecule has 2 aliphatic rings. The Morgan fingerprint density at radius 2 is 2.00 bits per heavy atom. The van der Waals surface area contributed by atoms with E-state index in [1.807, 2.05) is 6.07 Å². The molecule has 1 saturated heterocycles. The third-order valence-corrected chi connectivity index (χ3v) is 5.90. The molecule has 25 heavy (non-hydrogen) atoms. The van der Waals surface area contributed by atoms with Gasteiger partial charge in [0.15, 0.2) is 5.58 Å². The van der Waals surface area contributed by atoms with Crippen molar-refractivity contribution in [3.63, 3.8) is 0 Å². The molecule has 0 aromatic carbocycles. The number of furan rings is 1. The number of halogens is 1. The number of ether oxygens (including phenoxy) is 1. The molecule has 0 unspecified atom stereocenters. The standard InChI is InChI=1S/C18H21BrN4O2/c19-17-15-5-14(6-20)25-16(15)8-22-18(17)23-13-3-1-12(2-4-13)21-7-11-9-24-10-11/h5,8,11-13,21H,1-4,7,9-10H2,(H,22,23). The summed E-state index contributed by atoms with van der Waals surface area (Å²) in [6, 6.07) is 4.81. The lowest BCUT2D eigenvalue weighted by atomic mass is 9.90. The van der Waals surface area contributed by atoms with E-state index in [0.717, 1.165) is 48.3 Å². The van der Waals surface area contributed by atoms with Crippen molar-refractivity contribution in [2.75, 3.05) is 25.1 Å². The van der Waals surface area contributed by atoms with Crippen molar-refractivity contribution in [3.05, 3.63) is 22.5 Å². The Hall–Kier alpha value is -1.62. The van der Waals surface area contributed by atoms with Crippen LogP contribution < -0.4 is 10.6 Å². The van der Waals surface area contributed by atoms with Crippen molar-refractivity contribution in [2.24, 2.45) is 5.92 Å². The highest BCUT2D eigenvalue weighted by Gasteiger charge is 2.24. The molecule has 1 aliphatic carbocycles. The van der Waals surface area contributed by atoms with Crippen molar-refractivity contribution in [3.8, 4) is 6.07 Å². The third-order valence-electron chi connectivity index (χ3n) is 5.10. The second-order valence-corrected chi connectivity index (χ2v) is 7.72. The number of nitrogens with zero attached hydrogens (tertiary/aromatic N) is 2. The highest BCUT2D eigenvalue weighted by atomic mass is 79.9. The Bertz CT molecular complexity index is 788. The van der Waals surface area contributed by atoms with Gasteiger partial charge in [-0.05, 0) is 41.6 Å².